The summed E-state index contributed by atoms with van der Waals surface area (Å²) in [6.45, 7) is 1.65. The van der Waals surface area contributed by atoms with E-state index in [2.05, 4.69) is 0 Å². The molecule has 5 nitrogen and oxygen atoms in total. The van der Waals surface area contributed by atoms with E-state index in [9.17, 15) is 9.59 Å². The molecule has 1 aromatic heterocycles. The minimum Gasteiger partial charge on any atom is -0.478 e. The average molecular weight is 298 g/mol. The van der Waals surface area contributed by atoms with Gasteiger partial charge < -0.3 is 14.3 Å². The van der Waals surface area contributed by atoms with Gasteiger partial charge >= 0.3 is 11.9 Å². The van der Waals surface area contributed by atoms with Gasteiger partial charge in [0.15, 0.2) is 0 Å². The number of carbonyl (C=O) groups is 2. The Bertz CT molecular complexity index is 516. The summed E-state index contributed by atoms with van der Waals surface area (Å²) < 4.78 is 10.1. The second-order valence-electron chi connectivity index (χ2n) is 5.23. The average Bonchev–Trinajstić information content (AvgIpc) is 3.03. The number of hydrogen-bond acceptors (Lipinski definition) is 5. The van der Waals surface area contributed by atoms with Gasteiger partial charge in [-0.3, -0.25) is 4.79 Å². The highest BCUT2D eigenvalue weighted by atomic mass is 32.2. The van der Waals surface area contributed by atoms with Crippen LogP contribution in [0.1, 0.15) is 41.1 Å². The van der Waals surface area contributed by atoms with Gasteiger partial charge in [-0.2, -0.15) is 11.8 Å². The number of esters is 1. The lowest BCUT2D eigenvalue weighted by atomic mass is 10.1. The maximum atomic E-state index is 11.3. The molecule has 0 bridgehead atoms. The summed E-state index contributed by atoms with van der Waals surface area (Å²) in [5.41, 5.74) is 0.297. The van der Waals surface area contributed by atoms with Crippen molar-refractivity contribution in [1.82, 2.24) is 0 Å². The van der Waals surface area contributed by atoms with Crippen molar-refractivity contribution in [3.8, 4) is 0 Å². The van der Waals surface area contributed by atoms with Crippen LogP contribution in [0.3, 0.4) is 0 Å². The van der Waals surface area contributed by atoms with Gasteiger partial charge in [0, 0.05) is 0 Å². The number of carboxylic acids is 1. The summed E-state index contributed by atoms with van der Waals surface area (Å²) in [4.78, 5) is 22.2. The highest BCUT2D eigenvalue weighted by Crippen LogP contribution is 2.51. The van der Waals surface area contributed by atoms with Crippen molar-refractivity contribution in [3.05, 3.63) is 23.2 Å². The highest BCUT2D eigenvalue weighted by molar-refractivity contribution is 7.98. The number of carboxylic acid groups (broad SMARTS) is 1. The number of ether oxygens (including phenoxy) is 1. The zero-order valence-electron chi connectivity index (χ0n) is 11.6. The Morgan fingerprint density at radius 3 is 2.70 bits per heavy atom. The third kappa shape index (κ3) is 3.56. The minimum atomic E-state index is -0.966. The van der Waals surface area contributed by atoms with E-state index in [4.69, 9.17) is 14.3 Å². The SMILES string of the molecule is COC(=O)CC1(CSCc2cc(C(=O)O)c(C)o2)CC1. The second-order valence-corrected chi connectivity index (χ2v) is 6.22. The molecular formula is C14H18O5S. The van der Waals surface area contributed by atoms with E-state index >= 15 is 0 Å². The second kappa shape index (κ2) is 5.91. The summed E-state index contributed by atoms with van der Waals surface area (Å²) in [6.07, 6.45) is 2.56. The van der Waals surface area contributed by atoms with E-state index < -0.39 is 5.97 Å². The van der Waals surface area contributed by atoms with Gasteiger partial charge in [0.2, 0.25) is 0 Å². The molecule has 1 heterocycles. The van der Waals surface area contributed by atoms with Crippen LogP contribution < -0.4 is 0 Å². The summed E-state index contributed by atoms with van der Waals surface area (Å²) in [5.74, 6) is 1.46. The number of carbonyl (C=O) groups excluding carboxylic acids is 1. The molecule has 1 aromatic rings. The van der Waals surface area contributed by atoms with Crippen LogP contribution in [-0.2, 0) is 15.3 Å². The number of aromatic carboxylic acids is 1. The Balaban J connectivity index is 1.83. The van der Waals surface area contributed by atoms with Gasteiger partial charge in [0.1, 0.15) is 17.1 Å². The molecule has 2 rings (SSSR count). The maximum absolute atomic E-state index is 11.3. The van der Waals surface area contributed by atoms with E-state index in [1.54, 1.807) is 24.8 Å². The molecule has 110 valence electrons. The zero-order valence-corrected chi connectivity index (χ0v) is 12.4. The van der Waals surface area contributed by atoms with Crippen LogP contribution in [0.5, 0.6) is 0 Å². The molecule has 6 heteroatoms. The maximum Gasteiger partial charge on any atom is 0.339 e. The summed E-state index contributed by atoms with van der Waals surface area (Å²) >= 11 is 1.67. The summed E-state index contributed by atoms with van der Waals surface area (Å²) in [6, 6.07) is 1.57. The van der Waals surface area contributed by atoms with E-state index in [-0.39, 0.29) is 16.9 Å². The van der Waals surface area contributed by atoms with Crippen molar-refractivity contribution in [1.29, 1.82) is 0 Å². The van der Waals surface area contributed by atoms with Crippen molar-refractivity contribution < 1.29 is 23.8 Å². The molecule has 0 saturated heterocycles. The predicted molar refractivity (Wildman–Crippen MR) is 74.9 cm³/mol. The van der Waals surface area contributed by atoms with Gasteiger partial charge in [-0.1, -0.05) is 0 Å². The van der Waals surface area contributed by atoms with E-state index in [0.29, 0.717) is 23.7 Å². The van der Waals surface area contributed by atoms with Crippen LogP contribution in [0.15, 0.2) is 10.5 Å². The first-order chi connectivity index (χ1) is 9.46. The summed E-state index contributed by atoms with van der Waals surface area (Å²) in [5, 5.41) is 8.95. The Morgan fingerprint density at radius 1 is 1.50 bits per heavy atom. The lowest BCUT2D eigenvalue weighted by Crippen LogP contribution is -2.13. The number of aryl methyl sites for hydroxylation is 1. The predicted octanol–water partition coefficient (Wildman–Crippen LogP) is 2.86. The third-order valence-corrected chi connectivity index (χ3v) is 4.86. The number of thioether (sulfide) groups is 1. The molecule has 1 fully saturated rings. The Kier molecular flexibility index (Phi) is 4.42. The molecule has 0 amide bonds. The molecular weight excluding hydrogens is 280 g/mol. The highest BCUT2D eigenvalue weighted by Gasteiger charge is 2.44. The van der Waals surface area contributed by atoms with E-state index in [1.165, 1.54) is 7.11 Å². The van der Waals surface area contributed by atoms with Crippen molar-refractivity contribution >= 4 is 23.7 Å². The Hall–Kier alpha value is -1.43. The number of rotatable bonds is 7. The molecule has 0 spiro atoms. The smallest absolute Gasteiger partial charge is 0.339 e. The first-order valence-corrected chi connectivity index (χ1v) is 7.58. The molecule has 0 aromatic carbocycles. The molecule has 0 unspecified atom stereocenters. The van der Waals surface area contributed by atoms with Crippen LogP contribution in [0.25, 0.3) is 0 Å². The van der Waals surface area contributed by atoms with Gasteiger partial charge in [-0.05, 0) is 37.0 Å². The zero-order chi connectivity index (χ0) is 14.8. The molecule has 0 radical (unpaired) electrons. The monoisotopic (exact) mass is 298 g/mol. The summed E-state index contributed by atoms with van der Waals surface area (Å²) in [7, 11) is 1.41. The van der Waals surface area contributed by atoms with E-state index in [1.807, 2.05) is 0 Å². The molecule has 1 aliphatic rings. The molecule has 0 atom stereocenters. The van der Waals surface area contributed by atoms with E-state index in [0.717, 1.165) is 18.6 Å². The van der Waals surface area contributed by atoms with Gasteiger partial charge in [-0.25, -0.2) is 4.79 Å². The van der Waals surface area contributed by atoms with Crippen LogP contribution in [0.2, 0.25) is 0 Å². The van der Waals surface area contributed by atoms with Crippen molar-refractivity contribution in [2.24, 2.45) is 5.41 Å². The van der Waals surface area contributed by atoms with Crippen molar-refractivity contribution in [2.75, 3.05) is 12.9 Å². The number of furan rings is 1. The lowest BCUT2D eigenvalue weighted by Gasteiger charge is -2.12. The van der Waals surface area contributed by atoms with Gasteiger partial charge in [-0.15, -0.1) is 0 Å². The van der Waals surface area contributed by atoms with Crippen LogP contribution in [-0.4, -0.2) is 29.9 Å². The fraction of sp³-hybridized carbons (Fsp3) is 0.571. The van der Waals surface area contributed by atoms with Crippen LogP contribution >= 0.6 is 11.8 Å². The quantitative estimate of drug-likeness (QED) is 0.780. The topological polar surface area (TPSA) is 76.7 Å². The van der Waals surface area contributed by atoms with Gasteiger partial charge in [0.25, 0.3) is 0 Å². The van der Waals surface area contributed by atoms with Crippen molar-refractivity contribution in [2.45, 2.75) is 31.9 Å². The fourth-order valence-electron chi connectivity index (χ4n) is 2.12. The standard InChI is InChI=1S/C14H18O5S/c1-9-11(13(16)17)5-10(19-9)7-20-8-14(3-4-14)6-12(15)18-2/h5H,3-4,6-8H2,1-2H3,(H,16,17). The molecule has 1 aliphatic carbocycles. The fourth-order valence-corrected chi connectivity index (χ4v) is 3.39. The van der Waals surface area contributed by atoms with Crippen molar-refractivity contribution in [3.63, 3.8) is 0 Å². The minimum absolute atomic E-state index is 0.0784. The van der Waals surface area contributed by atoms with Gasteiger partial charge in [0.05, 0.1) is 19.3 Å². The molecule has 0 aliphatic heterocycles. The third-order valence-electron chi connectivity index (χ3n) is 3.56. The van der Waals surface area contributed by atoms with Crippen LogP contribution in [0, 0.1) is 12.3 Å². The first-order valence-electron chi connectivity index (χ1n) is 6.43. The lowest BCUT2D eigenvalue weighted by molar-refractivity contribution is -0.141. The first kappa shape index (κ1) is 15.0. The Labute approximate surface area is 121 Å². The molecule has 20 heavy (non-hydrogen) atoms. The van der Waals surface area contributed by atoms with Crippen LogP contribution in [0.4, 0.5) is 0 Å². The largest absolute Gasteiger partial charge is 0.478 e. The molecule has 1 saturated carbocycles. The Morgan fingerprint density at radius 2 is 2.20 bits per heavy atom. The molecule has 1 N–H and O–H groups in total. The number of methoxy groups -OCH3 is 1. The normalized spacial score (nSPS) is 15.9. The number of hydrogen-bond donors (Lipinski definition) is 1.